The van der Waals surface area contributed by atoms with Crippen LogP contribution in [0.2, 0.25) is 5.02 Å². The van der Waals surface area contributed by atoms with Gasteiger partial charge in [0.05, 0.1) is 12.7 Å². The Hall–Kier alpha value is -2.40. The molecule has 2 aromatic heterocycles. The van der Waals surface area contributed by atoms with Gasteiger partial charge in [0.2, 0.25) is 0 Å². The third-order valence-corrected chi connectivity index (χ3v) is 4.24. The molecule has 0 fully saturated rings. The van der Waals surface area contributed by atoms with E-state index in [0.29, 0.717) is 18.8 Å². The van der Waals surface area contributed by atoms with Gasteiger partial charge >= 0.3 is 0 Å². The van der Waals surface area contributed by atoms with Gasteiger partial charge in [-0.3, -0.25) is 9.78 Å². The van der Waals surface area contributed by atoms with Crippen LogP contribution in [0.5, 0.6) is 0 Å². The van der Waals surface area contributed by atoms with Gasteiger partial charge in [0.25, 0.3) is 5.91 Å². The standard InChI is InChI=1S/C16H13ClN4O/c17-10-1-2-13-12(7-10)11-3-6-21(9-15(11)20-13)16(22)14-8-18-4-5-19-14/h1-2,4-5,7-8,20H,3,6,9H2. The van der Waals surface area contributed by atoms with E-state index in [1.165, 1.54) is 18.0 Å². The Labute approximate surface area is 131 Å². The minimum atomic E-state index is -0.0876. The normalized spacial score (nSPS) is 14.1. The lowest BCUT2D eigenvalue weighted by molar-refractivity contribution is 0.0726. The van der Waals surface area contributed by atoms with Gasteiger partial charge < -0.3 is 9.88 Å². The SMILES string of the molecule is O=C(c1cnccn1)N1CCc2c([nH]c3ccc(Cl)cc23)C1. The summed E-state index contributed by atoms with van der Waals surface area (Å²) in [7, 11) is 0. The fourth-order valence-corrected chi connectivity index (χ4v) is 3.13. The molecule has 4 rings (SSSR count). The van der Waals surface area contributed by atoms with Crippen LogP contribution in [-0.4, -0.2) is 32.3 Å². The zero-order chi connectivity index (χ0) is 15.1. The largest absolute Gasteiger partial charge is 0.357 e. The third-order valence-electron chi connectivity index (χ3n) is 4.01. The van der Waals surface area contributed by atoms with E-state index in [9.17, 15) is 4.79 Å². The van der Waals surface area contributed by atoms with E-state index in [1.54, 1.807) is 11.1 Å². The summed E-state index contributed by atoms with van der Waals surface area (Å²) in [6, 6.07) is 5.82. The summed E-state index contributed by atoms with van der Waals surface area (Å²) in [5.74, 6) is -0.0876. The Kier molecular flexibility index (Phi) is 3.08. The van der Waals surface area contributed by atoms with E-state index in [4.69, 9.17) is 11.6 Å². The van der Waals surface area contributed by atoms with Crippen LogP contribution in [0.15, 0.2) is 36.8 Å². The van der Waals surface area contributed by atoms with Crippen molar-refractivity contribution in [3.05, 3.63) is 58.8 Å². The van der Waals surface area contributed by atoms with Crippen LogP contribution in [0.3, 0.4) is 0 Å². The van der Waals surface area contributed by atoms with Crippen LogP contribution in [0.25, 0.3) is 10.9 Å². The van der Waals surface area contributed by atoms with E-state index in [0.717, 1.165) is 28.0 Å². The van der Waals surface area contributed by atoms with Crippen LogP contribution in [0.1, 0.15) is 21.7 Å². The number of hydrogen-bond donors (Lipinski definition) is 1. The summed E-state index contributed by atoms with van der Waals surface area (Å²) in [6.07, 6.45) is 5.41. The lowest BCUT2D eigenvalue weighted by atomic mass is 10.0. The van der Waals surface area contributed by atoms with E-state index in [2.05, 4.69) is 15.0 Å². The molecule has 0 saturated heterocycles. The Morgan fingerprint density at radius 1 is 1.32 bits per heavy atom. The van der Waals surface area contributed by atoms with Gasteiger partial charge in [-0.2, -0.15) is 0 Å². The number of aromatic nitrogens is 3. The van der Waals surface area contributed by atoms with Crippen LogP contribution in [0.4, 0.5) is 0 Å². The first-order valence-electron chi connectivity index (χ1n) is 7.06. The van der Waals surface area contributed by atoms with Gasteiger partial charge in [0, 0.05) is 40.6 Å². The van der Waals surface area contributed by atoms with Crippen molar-refractivity contribution in [2.24, 2.45) is 0 Å². The van der Waals surface area contributed by atoms with E-state index in [-0.39, 0.29) is 5.91 Å². The molecule has 22 heavy (non-hydrogen) atoms. The Morgan fingerprint density at radius 2 is 2.23 bits per heavy atom. The highest BCUT2D eigenvalue weighted by molar-refractivity contribution is 6.31. The fraction of sp³-hybridized carbons (Fsp3) is 0.188. The van der Waals surface area contributed by atoms with Gasteiger partial charge in [0.15, 0.2) is 0 Å². The van der Waals surface area contributed by atoms with E-state index in [1.807, 2.05) is 18.2 Å². The quantitative estimate of drug-likeness (QED) is 0.751. The summed E-state index contributed by atoms with van der Waals surface area (Å²) in [4.78, 5) is 25.7. The number of H-pyrrole nitrogens is 1. The van der Waals surface area contributed by atoms with Crippen molar-refractivity contribution in [1.82, 2.24) is 19.9 Å². The predicted octanol–water partition coefficient (Wildman–Crippen LogP) is 2.81. The zero-order valence-corrected chi connectivity index (χ0v) is 12.5. The number of benzene rings is 1. The molecule has 0 bridgehead atoms. The molecule has 1 aromatic carbocycles. The lowest BCUT2D eigenvalue weighted by Gasteiger charge is -2.26. The summed E-state index contributed by atoms with van der Waals surface area (Å²) < 4.78 is 0. The average Bonchev–Trinajstić information content (AvgIpc) is 2.92. The molecule has 3 heterocycles. The number of carbonyl (C=O) groups excluding carboxylic acids is 1. The first-order chi connectivity index (χ1) is 10.7. The lowest BCUT2D eigenvalue weighted by Crippen LogP contribution is -2.36. The number of carbonyl (C=O) groups is 1. The van der Waals surface area contributed by atoms with Crippen molar-refractivity contribution in [3.63, 3.8) is 0 Å². The Morgan fingerprint density at radius 3 is 3.05 bits per heavy atom. The second-order valence-electron chi connectivity index (χ2n) is 5.34. The highest BCUT2D eigenvalue weighted by Gasteiger charge is 2.25. The van der Waals surface area contributed by atoms with Crippen molar-refractivity contribution >= 4 is 28.4 Å². The van der Waals surface area contributed by atoms with Crippen molar-refractivity contribution in [2.45, 2.75) is 13.0 Å². The van der Waals surface area contributed by atoms with Crippen molar-refractivity contribution in [3.8, 4) is 0 Å². The maximum atomic E-state index is 12.5. The van der Waals surface area contributed by atoms with Crippen LogP contribution >= 0.6 is 11.6 Å². The summed E-state index contributed by atoms with van der Waals surface area (Å²) >= 11 is 6.08. The number of fused-ring (bicyclic) bond motifs is 3. The van der Waals surface area contributed by atoms with Gasteiger partial charge in [-0.25, -0.2) is 4.98 Å². The molecule has 6 heteroatoms. The van der Waals surface area contributed by atoms with Gasteiger partial charge in [-0.1, -0.05) is 11.6 Å². The molecule has 1 amide bonds. The van der Waals surface area contributed by atoms with Gasteiger partial charge in [-0.05, 0) is 30.2 Å². The smallest absolute Gasteiger partial charge is 0.274 e. The van der Waals surface area contributed by atoms with Crippen LogP contribution < -0.4 is 0 Å². The highest BCUT2D eigenvalue weighted by Crippen LogP contribution is 2.29. The third kappa shape index (κ3) is 2.14. The van der Waals surface area contributed by atoms with Crippen LogP contribution in [0, 0.1) is 0 Å². The van der Waals surface area contributed by atoms with Crippen molar-refractivity contribution in [1.29, 1.82) is 0 Å². The number of aromatic amines is 1. The maximum absolute atomic E-state index is 12.5. The number of amides is 1. The molecule has 110 valence electrons. The number of nitrogens with zero attached hydrogens (tertiary/aromatic N) is 3. The van der Waals surface area contributed by atoms with Gasteiger partial charge in [-0.15, -0.1) is 0 Å². The number of nitrogens with one attached hydrogen (secondary N) is 1. The molecule has 0 spiro atoms. The van der Waals surface area contributed by atoms with Crippen molar-refractivity contribution < 1.29 is 4.79 Å². The monoisotopic (exact) mass is 312 g/mol. The fourth-order valence-electron chi connectivity index (χ4n) is 2.96. The molecule has 5 nitrogen and oxygen atoms in total. The average molecular weight is 313 g/mol. The Balaban J connectivity index is 1.67. The first-order valence-corrected chi connectivity index (χ1v) is 7.44. The number of hydrogen-bond acceptors (Lipinski definition) is 3. The van der Waals surface area contributed by atoms with E-state index < -0.39 is 0 Å². The number of halogens is 1. The van der Waals surface area contributed by atoms with Crippen LogP contribution in [-0.2, 0) is 13.0 Å². The molecule has 1 N–H and O–H groups in total. The molecular formula is C16H13ClN4O. The summed E-state index contributed by atoms with van der Waals surface area (Å²) in [5, 5.41) is 1.88. The molecule has 0 saturated carbocycles. The second-order valence-corrected chi connectivity index (χ2v) is 5.78. The maximum Gasteiger partial charge on any atom is 0.274 e. The Bertz CT molecular complexity index is 859. The first kappa shape index (κ1) is 13.3. The van der Waals surface area contributed by atoms with Gasteiger partial charge in [0.1, 0.15) is 5.69 Å². The van der Waals surface area contributed by atoms with E-state index >= 15 is 0 Å². The molecular weight excluding hydrogens is 300 g/mol. The molecule has 1 aliphatic rings. The summed E-state index contributed by atoms with van der Waals surface area (Å²) in [6.45, 7) is 1.22. The molecule has 1 aliphatic heterocycles. The zero-order valence-electron chi connectivity index (χ0n) is 11.7. The second kappa shape index (κ2) is 5.10. The predicted molar refractivity (Wildman–Crippen MR) is 83.8 cm³/mol. The topological polar surface area (TPSA) is 61.9 Å². The highest BCUT2D eigenvalue weighted by atomic mass is 35.5. The van der Waals surface area contributed by atoms with Crippen molar-refractivity contribution in [2.75, 3.05) is 6.54 Å². The minimum Gasteiger partial charge on any atom is -0.357 e. The molecule has 0 aliphatic carbocycles. The molecule has 0 atom stereocenters. The summed E-state index contributed by atoms with van der Waals surface area (Å²) in [5.41, 5.74) is 3.76. The number of rotatable bonds is 1. The minimum absolute atomic E-state index is 0.0876. The molecule has 0 radical (unpaired) electrons. The molecule has 0 unspecified atom stereocenters. The molecule has 3 aromatic rings.